The molecule has 2 nitrogen and oxygen atoms in total. The molecule has 0 bridgehead atoms. The van der Waals surface area contributed by atoms with Gasteiger partial charge in [-0.1, -0.05) is 18.2 Å². The molecule has 0 aliphatic carbocycles. The number of ether oxygens (including phenoxy) is 1. The first-order valence-corrected chi connectivity index (χ1v) is 3.34. The summed E-state index contributed by atoms with van der Waals surface area (Å²) in [5.74, 6) is -0.685. The average Bonchev–Trinajstić information content (AvgIpc) is 1.87. The van der Waals surface area contributed by atoms with Crippen molar-refractivity contribution in [3.63, 3.8) is 0 Å². The predicted octanol–water partition coefficient (Wildman–Crippen LogP) is 2.03. The molecular weight excluding hydrogens is 175 g/mol. The predicted molar refractivity (Wildman–Crippen MR) is 40.9 cm³/mol. The summed E-state index contributed by atoms with van der Waals surface area (Å²) in [6.45, 7) is 3.33. The Balaban J connectivity index is 3.53. The standard InChI is InChI=1S/C6H6Cl2O2/c1-5(8)2-3-10-6(9)4-7/h2-3H,1,4H2. The second-order valence-corrected chi connectivity index (χ2v) is 2.13. The summed E-state index contributed by atoms with van der Waals surface area (Å²) >= 11 is 10.4. The fourth-order valence-corrected chi connectivity index (χ4v) is 0.330. The molecule has 4 heteroatoms. The van der Waals surface area contributed by atoms with Gasteiger partial charge in [0.05, 0.1) is 6.26 Å². The molecule has 0 saturated heterocycles. The van der Waals surface area contributed by atoms with Gasteiger partial charge in [0.15, 0.2) is 0 Å². The molecule has 0 aromatic heterocycles. The smallest absolute Gasteiger partial charge is 0.325 e. The number of carbonyl (C=O) groups excluding carboxylic acids is 1. The molecule has 10 heavy (non-hydrogen) atoms. The van der Waals surface area contributed by atoms with Gasteiger partial charge in [-0.15, -0.1) is 11.6 Å². The first-order valence-electron chi connectivity index (χ1n) is 2.43. The lowest BCUT2D eigenvalue weighted by Crippen LogP contribution is -1.99. The van der Waals surface area contributed by atoms with E-state index in [1.54, 1.807) is 0 Å². The van der Waals surface area contributed by atoms with Crippen LogP contribution in [0.1, 0.15) is 0 Å². The fraction of sp³-hybridized carbons (Fsp3) is 0.167. The van der Waals surface area contributed by atoms with Crippen LogP contribution in [0.2, 0.25) is 0 Å². The van der Waals surface area contributed by atoms with Gasteiger partial charge in [-0.25, -0.2) is 0 Å². The number of carbonyl (C=O) groups is 1. The number of halogens is 2. The number of hydrogen-bond donors (Lipinski definition) is 0. The van der Waals surface area contributed by atoms with Crippen molar-refractivity contribution in [3.8, 4) is 0 Å². The monoisotopic (exact) mass is 180 g/mol. The topological polar surface area (TPSA) is 26.3 Å². The average molecular weight is 181 g/mol. The molecule has 56 valence electrons. The Hall–Kier alpha value is -0.470. The molecule has 0 heterocycles. The molecular formula is C6H6Cl2O2. The van der Waals surface area contributed by atoms with E-state index in [0.29, 0.717) is 5.03 Å². The highest BCUT2D eigenvalue weighted by atomic mass is 35.5. The van der Waals surface area contributed by atoms with Crippen LogP contribution in [0.25, 0.3) is 0 Å². The van der Waals surface area contributed by atoms with Gasteiger partial charge in [0.1, 0.15) is 5.88 Å². The van der Waals surface area contributed by atoms with E-state index in [1.165, 1.54) is 6.08 Å². The molecule has 0 unspecified atom stereocenters. The zero-order chi connectivity index (χ0) is 7.98. The molecule has 0 rings (SSSR count). The van der Waals surface area contributed by atoms with Crippen LogP contribution in [0.3, 0.4) is 0 Å². The highest BCUT2D eigenvalue weighted by Gasteiger charge is 1.93. The van der Waals surface area contributed by atoms with Crippen LogP contribution in [-0.4, -0.2) is 11.8 Å². The van der Waals surface area contributed by atoms with Gasteiger partial charge in [0.25, 0.3) is 0 Å². The fourth-order valence-electron chi connectivity index (χ4n) is 0.215. The minimum absolute atomic E-state index is 0.168. The van der Waals surface area contributed by atoms with Crippen molar-refractivity contribution in [1.29, 1.82) is 0 Å². The number of hydrogen-bond acceptors (Lipinski definition) is 2. The summed E-state index contributed by atoms with van der Waals surface area (Å²) in [6.07, 6.45) is 2.49. The van der Waals surface area contributed by atoms with E-state index in [-0.39, 0.29) is 5.88 Å². The Morgan fingerprint density at radius 2 is 2.30 bits per heavy atom. The lowest BCUT2D eigenvalue weighted by atomic mass is 10.6. The van der Waals surface area contributed by atoms with Crippen molar-refractivity contribution < 1.29 is 9.53 Å². The van der Waals surface area contributed by atoms with Crippen molar-refractivity contribution in [2.75, 3.05) is 5.88 Å². The Morgan fingerprint density at radius 3 is 2.70 bits per heavy atom. The molecule has 0 amide bonds. The maximum Gasteiger partial charge on any atom is 0.325 e. The van der Waals surface area contributed by atoms with Crippen LogP contribution in [-0.2, 0) is 9.53 Å². The van der Waals surface area contributed by atoms with Crippen LogP contribution in [0.15, 0.2) is 23.9 Å². The van der Waals surface area contributed by atoms with Gasteiger partial charge < -0.3 is 4.74 Å². The van der Waals surface area contributed by atoms with E-state index in [2.05, 4.69) is 11.3 Å². The summed E-state index contributed by atoms with van der Waals surface area (Å²) < 4.78 is 4.41. The van der Waals surface area contributed by atoms with Gasteiger partial charge in [-0.3, -0.25) is 4.79 Å². The van der Waals surface area contributed by atoms with Crippen LogP contribution >= 0.6 is 23.2 Å². The number of esters is 1. The normalized spacial score (nSPS) is 9.80. The van der Waals surface area contributed by atoms with E-state index >= 15 is 0 Å². The quantitative estimate of drug-likeness (QED) is 0.288. The number of allylic oxidation sites excluding steroid dienone is 2. The van der Waals surface area contributed by atoms with Crippen LogP contribution in [0.5, 0.6) is 0 Å². The van der Waals surface area contributed by atoms with Crippen molar-refractivity contribution in [1.82, 2.24) is 0 Å². The van der Waals surface area contributed by atoms with E-state index in [1.807, 2.05) is 0 Å². The maximum absolute atomic E-state index is 10.3. The van der Waals surface area contributed by atoms with E-state index < -0.39 is 5.97 Å². The van der Waals surface area contributed by atoms with Crippen molar-refractivity contribution in [3.05, 3.63) is 23.9 Å². The summed E-state index contributed by atoms with van der Waals surface area (Å²) in [6, 6.07) is 0. The molecule has 0 aromatic rings. The van der Waals surface area contributed by atoms with Crippen LogP contribution in [0.4, 0.5) is 0 Å². The number of rotatable bonds is 3. The third-order valence-electron chi connectivity index (χ3n) is 0.557. The summed E-state index contributed by atoms with van der Waals surface area (Å²) in [4.78, 5) is 10.3. The van der Waals surface area contributed by atoms with E-state index in [9.17, 15) is 4.79 Å². The second-order valence-electron chi connectivity index (χ2n) is 1.37. The summed E-state index contributed by atoms with van der Waals surface area (Å²) in [5, 5.41) is 0.294. The minimum atomic E-state index is -0.518. The zero-order valence-electron chi connectivity index (χ0n) is 5.14. The van der Waals surface area contributed by atoms with Crippen molar-refractivity contribution in [2.24, 2.45) is 0 Å². The summed E-state index contributed by atoms with van der Waals surface area (Å²) in [7, 11) is 0. The first kappa shape index (κ1) is 9.53. The largest absolute Gasteiger partial charge is 0.434 e. The SMILES string of the molecule is C=C(Cl)C=COC(=O)CCl. The molecule has 0 N–H and O–H groups in total. The lowest BCUT2D eigenvalue weighted by Gasteiger charge is -1.90. The Labute approximate surface area is 69.1 Å². The highest BCUT2D eigenvalue weighted by Crippen LogP contribution is 1.97. The van der Waals surface area contributed by atoms with Crippen molar-refractivity contribution in [2.45, 2.75) is 0 Å². The second kappa shape index (κ2) is 5.33. The zero-order valence-corrected chi connectivity index (χ0v) is 6.65. The Morgan fingerprint density at radius 1 is 1.70 bits per heavy atom. The van der Waals surface area contributed by atoms with Gasteiger partial charge >= 0.3 is 5.97 Å². The molecule has 0 saturated carbocycles. The first-order chi connectivity index (χ1) is 4.66. The van der Waals surface area contributed by atoms with E-state index in [4.69, 9.17) is 23.2 Å². The Bertz CT molecular complexity index is 163. The van der Waals surface area contributed by atoms with Crippen LogP contribution < -0.4 is 0 Å². The highest BCUT2D eigenvalue weighted by molar-refractivity contribution is 6.30. The van der Waals surface area contributed by atoms with Crippen molar-refractivity contribution >= 4 is 29.2 Å². The van der Waals surface area contributed by atoms with Gasteiger partial charge in [0.2, 0.25) is 0 Å². The van der Waals surface area contributed by atoms with Crippen LogP contribution in [0, 0.1) is 0 Å². The third kappa shape index (κ3) is 5.66. The van der Waals surface area contributed by atoms with E-state index in [0.717, 1.165) is 6.26 Å². The molecule has 0 aliphatic heterocycles. The van der Waals surface area contributed by atoms with Gasteiger partial charge in [-0.05, 0) is 6.08 Å². The maximum atomic E-state index is 10.3. The molecule has 0 atom stereocenters. The molecule has 0 aliphatic rings. The van der Waals surface area contributed by atoms with Gasteiger partial charge in [0, 0.05) is 5.03 Å². The molecule has 0 radical (unpaired) electrons. The molecule has 0 aromatic carbocycles. The third-order valence-corrected chi connectivity index (χ3v) is 0.902. The molecule has 0 fully saturated rings. The summed E-state index contributed by atoms with van der Waals surface area (Å²) in [5.41, 5.74) is 0. The minimum Gasteiger partial charge on any atom is -0.434 e. The lowest BCUT2D eigenvalue weighted by molar-refractivity contribution is -0.135. The number of alkyl halides is 1. The van der Waals surface area contributed by atoms with Gasteiger partial charge in [-0.2, -0.15) is 0 Å². The Kier molecular flexibility index (Phi) is 5.08. The molecule has 0 spiro atoms.